The van der Waals surface area contributed by atoms with E-state index >= 15 is 0 Å². The maximum absolute atomic E-state index is 5.84. The largest absolute Gasteiger partial charge is 0.491 e. The molecule has 4 heteroatoms. The molecule has 1 aromatic carbocycles. The summed E-state index contributed by atoms with van der Waals surface area (Å²) in [5, 5.41) is 3.40. The number of likely N-dealkylation sites (N-methyl/N-ethyl adjacent to an activating group) is 1. The average Bonchev–Trinajstić information content (AvgIpc) is 2.46. The zero-order valence-corrected chi connectivity index (χ0v) is 14.5. The summed E-state index contributed by atoms with van der Waals surface area (Å²) < 4.78 is 6.88. The molecule has 0 bridgehead atoms. The van der Waals surface area contributed by atoms with Crippen LogP contribution in [-0.4, -0.2) is 37.7 Å². The summed E-state index contributed by atoms with van der Waals surface area (Å²) in [6.07, 6.45) is 1.16. The molecule has 0 amide bonds. The summed E-state index contributed by atoms with van der Waals surface area (Å²) in [7, 11) is 0. The molecule has 3 nitrogen and oxygen atoms in total. The van der Waals surface area contributed by atoms with Crippen molar-refractivity contribution in [2.45, 2.75) is 33.7 Å². The molecule has 0 heterocycles. The fraction of sp³-hybridized carbons (Fsp3) is 0.625. The molecule has 0 spiro atoms. The van der Waals surface area contributed by atoms with Crippen molar-refractivity contribution in [3.05, 3.63) is 28.2 Å². The van der Waals surface area contributed by atoms with Gasteiger partial charge in [-0.2, -0.15) is 0 Å². The van der Waals surface area contributed by atoms with Crippen molar-refractivity contribution in [1.29, 1.82) is 0 Å². The molecular formula is C16H27BrN2O. The second-order valence-corrected chi connectivity index (χ2v) is 5.67. The Bertz CT molecular complexity index is 381. The standard InChI is InChI=1S/C16H27BrN2O/c1-4-9-18-13-14-7-8-16(15(17)12-14)20-11-10-19(5-2)6-3/h7-8,12,18H,4-6,9-11,13H2,1-3H3. The van der Waals surface area contributed by atoms with Gasteiger partial charge in [-0.25, -0.2) is 0 Å². The van der Waals surface area contributed by atoms with Crippen LogP contribution >= 0.6 is 15.9 Å². The lowest BCUT2D eigenvalue weighted by Crippen LogP contribution is -2.27. The first kappa shape index (κ1) is 17.5. The first-order valence-corrected chi connectivity index (χ1v) is 8.34. The van der Waals surface area contributed by atoms with Crippen LogP contribution in [0.1, 0.15) is 32.8 Å². The van der Waals surface area contributed by atoms with Crippen LogP contribution in [0.3, 0.4) is 0 Å². The Balaban J connectivity index is 2.43. The van der Waals surface area contributed by atoms with E-state index in [4.69, 9.17) is 4.74 Å². The lowest BCUT2D eigenvalue weighted by molar-refractivity contribution is 0.222. The third-order valence-corrected chi connectivity index (χ3v) is 3.93. The Labute approximate surface area is 131 Å². The van der Waals surface area contributed by atoms with Crippen molar-refractivity contribution >= 4 is 15.9 Å². The molecule has 114 valence electrons. The number of nitrogens with one attached hydrogen (secondary N) is 1. The molecule has 20 heavy (non-hydrogen) atoms. The van der Waals surface area contributed by atoms with Gasteiger partial charge in [0, 0.05) is 13.1 Å². The van der Waals surface area contributed by atoms with E-state index < -0.39 is 0 Å². The summed E-state index contributed by atoms with van der Waals surface area (Å²) in [6.45, 7) is 12.3. The van der Waals surface area contributed by atoms with E-state index in [2.05, 4.69) is 65.1 Å². The lowest BCUT2D eigenvalue weighted by atomic mass is 10.2. The summed E-state index contributed by atoms with van der Waals surface area (Å²) in [6, 6.07) is 6.31. The van der Waals surface area contributed by atoms with E-state index in [-0.39, 0.29) is 0 Å². The summed E-state index contributed by atoms with van der Waals surface area (Å²) in [5.41, 5.74) is 1.28. The predicted molar refractivity (Wildman–Crippen MR) is 89.4 cm³/mol. The van der Waals surface area contributed by atoms with E-state index in [0.29, 0.717) is 0 Å². The number of halogens is 1. The van der Waals surface area contributed by atoms with Crippen LogP contribution in [0, 0.1) is 0 Å². The third kappa shape index (κ3) is 6.25. The fourth-order valence-corrected chi connectivity index (χ4v) is 2.55. The minimum Gasteiger partial charge on any atom is -0.491 e. The SMILES string of the molecule is CCCNCc1ccc(OCCN(CC)CC)c(Br)c1. The highest BCUT2D eigenvalue weighted by molar-refractivity contribution is 9.10. The lowest BCUT2D eigenvalue weighted by Gasteiger charge is -2.18. The minimum atomic E-state index is 0.730. The molecule has 0 fully saturated rings. The van der Waals surface area contributed by atoms with Crippen molar-refractivity contribution in [3.63, 3.8) is 0 Å². The summed E-state index contributed by atoms with van der Waals surface area (Å²) in [4.78, 5) is 2.36. The van der Waals surface area contributed by atoms with Gasteiger partial charge >= 0.3 is 0 Å². The first-order chi connectivity index (χ1) is 9.71. The molecule has 0 radical (unpaired) electrons. The van der Waals surface area contributed by atoms with E-state index in [1.165, 1.54) is 5.56 Å². The van der Waals surface area contributed by atoms with Crippen molar-refractivity contribution in [2.24, 2.45) is 0 Å². The van der Waals surface area contributed by atoms with Crippen molar-refractivity contribution < 1.29 is 4.74 Å². The van der Waals surface area contributed by atoms with Gasteiger partial charge in [0.05, 0.1) is 4.47 Å². The Morgan fingerprint density at radius 3 is 2.55 bits per heavy atom. The number of hydrogen-bond donors (Lipinski definition) is 1. The fourth-order valence-electron chi connectivity index (χ4n) is 2.01. The molecule has 0 unspecified atom stereocenters. The molecule has 0 aliphatic heterocycles. The molecular weight excluding hydrogens is 316 g/mol. The van der Waals surface area contributed by atoms with Crippen LogP contribution in [0.2, 0.25) is 0 Å². The highest BCUT2D eigenvalue weighted by atomic mass is 79.9. The van der Waals surface area contributed by atoms with Gasteiger partial charge in [-0.3, -0.25) is 0 Å². The van der Waals surface area contributed by atoms with Gasteiger partial charge in [0.15, 0.2) is 0 Å². The highest BCUT2D eigenvalue weighted by Gasteiger charge is 2.04. The Morgan fingerprint density at radius 2 is 1.95 bits per heavy atom. The topological polar surface area (TPSA) is 24.5 Å². The smallest absolute Gasteiger partial charge is 0.133 e. The predicted octanol–water partition coefficient (Wildman–Crippen LogP) is 3.67. The number of hydrogen-bond acceptors (Lipinski definition) is 3. The second kappa shape index (κ2) is 10.2. The normalized spacial score (nSPS) is 11.1. The van der Waals surface area contributed by atoms with Gasteiger partial charge in [-0.05, 0) is 59.7 Å². The Hall–Kier alpha value is -0.580. The van der Waals surface area contributed by atoms with Crippen molar-refractivity contribution in [2.75, 3.05) is 32.8 Å². The third-order valence-electron chi connectivity index (χ3n) is 3.31. The highest BCUT2D eigenvalue weighted by Crippen LogP contribution is 2.26. The van der Waals surface area contributed by atoms with Crippen LogP contribution in [0.5, 0.6) is 5.75 Å². The maximum atomic E-state index is 5.84. The van der Waals surface area contributed by atoms with Crippen LogP contribution < -0.4 is 10.1 Å². The summed E-state index contributed by atoms with van der Waals surface area (Å²) in [5.74, 6) is 0.927. The van der Waals surface area contributed by atoms with Gasteiger partial charge < -0.3 is 15.0 Å². The van der Waals surface area contributed by atoms with Gasteiger partial charge in [0.2, 0.25) is 0 Å². The maximum Gasteiger partial charge on any atom is 0.133 e. The van der Waals surface area contributed by atoms with Crippen molar-refractivity contribution in [3.8, 4) is 5.75 Å². The van der Waals surface area contributed by atoms with E-state index in [9.17, 15) is 0 Å². The molecule has 0 aliphatic rings. The van der Waals surface area contributed by atoms with Gasteiger partial charge in [0.1, 0.15) is 12.4 Å². The first-order valence-electron chi connectivity index (χ1n) is 7.55. The number of ether oxygens (including phenoxy) is 1. The van der Waals surface area contributed by atoms with E-state index in [0.717, 1.165) is 56.0 Å². The number of benzene rings is 1. The quantitative estimate of drug-likeness (QED) is 0.656. The summed E-state index contributed by atoms with van der Waals surface area (Å²) >= 11 is 3.59. The second-order valence-electron chi connectivity index (χ2n) is 4.82. The molecule has 0 aromatic heterocycles. The monoisotopic (exact) mass is 342 g/mol. The molecule has 1 rings (SSSR count). The minimum absolute atomic E-state index is 0.730. The molecule has 1 N–H and O–H groups in total. The number of rotatable bonds is 10. The Morgan fingerprint density at radius 1 is 1.20 bits per heavy atom. The zero-order chi connectivity index (χ0) is 14.8. The van der Waals surface area contributed by atoms with Crippen LogP contribution in [0.4, 0.5) is 0 Å². The molecule has 0 saturated heterocycles. The zero-order valence-electron chi connectivity index (χ0n) is 12.9. The molecule has 0 saturated carbocycles. The average molecular weight is 343 g/mol. The van der Waals surface area contributed by atoms with Gasteiger partial charge in [-0.15, -0.1) is 0 Å². The van der Waals surface area contributed by atoms with Gasteiger partial charge in [-0.1, -0.05) is 26.8 Å². The molecule has 0 atom stereocenters. The van der Waals surface area contributed by atoms with Crippen LogP contribution in [-0.2, 0) is 6.54 Å². The van der Waals surface area contributed by atoms with Gasteiger partial charge in [0.25, 0.3) is 0 Å². The van der Waals surface area contributed by atoms with Crippen LogP contribution in [0.15, 0.2) is 22.7 Å². The Kier molecular flexibility index (Phi) is 8.90. The van der Waals surface area contributed by atoms with E-state index in [1.54, 1.807) is 0 Å². The molecule has 1 aromatic rings. The van der Waals surface area contributed by atoms with Crippen LogP contribution in [0.25, 0.3) is 0 Å². The molecule has 0 aliphatic carbocycles. The van der Waals surface area contributed by atoms with Crippen molar-refractivity contribution in [1.82, 2.24) is 10.2 Å². The number of nitrogens with zero attached hydrogens (tertiary/aromatic N) is 1. The van der Waals surface area contributed by atoms with E-state index in [1.807, 2.05) is 0 Å².